The maximum atomic E-state index is 9.72. The van der Waals surface area contributed by atoms with E-state index in [0.717, 1.165) is 0 Å². The molecule has 1 aromatic rings. The largest absolute Gasteiger partial charge is 0.504 e. The van der Waals surface area contributed by atoms with Gasteiger partial charge in [-0.05, 0) is 12.1 Å². The molecule has 0 unspecified atom stereocenters. The SMILES string of the molecule is CCC(OC)(OC)c1cccc(O)c1O. The minimum absolute atomic E-state index is 0.181. The van der Waals surface area contributed by atoms with Crippen molar-refractivity contribution in [1.82, 2.24) is 0 Å². The van der Waals surface area contributed by atoms with Crippen LogP contribution < -0.4 is 0 Å². The number of methoxy groups -OCH3 is 2. The number of phenols is 2. The summed E-state index contributed by atoms with van der Waals surface area (Å²) in [6.07, 6.45) is 0.525. The van der Waals surface area contributed by atoms with Crippen molar-refractivity contribution in [3.63, 3.8) is 0 Å². The van der Waals surface area contributed by atoms with Gasteiger partial charge in [0.1, 0.15) is 0 Å². The van der Waals surface area contributed by atoms with Crippen LogP contribution in [0.5, 0.6) is 11.5 Å². The number of ether oxygens (including phenoxy) is 2. The summed E-state index contributed by atoms with van der Waals surface area (Å²) in [5.74, 6) is -1.40. The van der Waals surface area contributed by atoms with Crippen LogP contribution in [0.3, 0.4) is 0 Å². The van der Waals surface area contributed by atoms with Crippen LogP contribution in [0, 0.1) is 0 Å². The molecule has 0 aliphatic heterocycles. The van der Waals surface area contributed by atoms with Crippen molar-refractivity contribution >= 4 is 0 Å². The Morgan fingerprint density at radius 1 is 1.20 bits per heavy atom. The molecule has 1 aromatic carbocycles. The van der Waals surface area contributed by atoms with E-state index in [9.17, 15) is 10.2 Å². The molecule has 15 heavy (non-hydrogen) atoms. The molecule has 0 aliphatic rings. The summed E-state index contributed by atoms with van der Waals surface area (Å²) >= 11 is 0. The van der Waals surface area contributed by atoms with Crippen molar-refractivity contribution < 1.29 is 19.7 Å². The Hall–Kier alpha value is -1.26. The summed E-state index contributed by atoms with van der Waals surface area (Å²) in [6.45, 7) is 1.87. The molecular formula is C11H16O4. The number of hydrogen-bond acceptors (Lipinski definition) is 4. The quantitative estimate of drug-likeness (QED) is 0.591. The molecule has 0 saturated heterocycles. The molecule has 4 heteroatoms. The molecule has 0 aliphatic carbocycles. The lowest BCUT2D eigenvalue weighted by Crippen LogP contribution is -2.29. The minimum Gasteiger partial charge on any atom is -0.504 e. The number of rotatable bonds is 4. The zero-order chi connectivity index (χ0) is 11.5. The second kappa shape index (κ2) is 4.51. The number of hydrogen-bond donors (Lipinski definition) is 2. The van der Waals surface area contributed by atoms with E-state index in [1.54, 1.807) is 12.1 Å². The maximum absolute atomic E-state index is 9.72. The van der Waals surface area contributed by atoms with Crippen LogP contribution in [0.15, 0.2) is 18.2 Å². The molecule has 0 heterocycles. The molecule has 84 valence electrons. The summed E-state index contributed by atoms with van der Waals surface area (Å²) in [6, 6.07) is 4.70. The van der Waals surface area contributed by atoms with E-state index < -0.39 is 5.79 Å². The topological polar surface area (TPSA) is 58.9 Å². The molecule has 0 fully saturated rings. The van der Waals surface area contributed by atoms with Gasteiger partial charge in [-0.1, -0.05) is 13.0 Å². The van der Waals surface area contributed by atoms with Gasteiger partial charge in [-0.2, -0.15) is 0 Å². The van der Waals surface area contributed by atoms with Gasteiger partial charge in [0, 0.05) is 20.6 Å². The molecule has 0 spiro atoms. The first-order chi connectivity index (χ1) is 7.11. The Bertz CT molecular complexity index is 323. The first kappa shape index (κ1) is 11.8. The van der Waals surface area contributed by atoms with E-state index in [-0.39, 0.29) is 11.5 Å². The minimum atomic E-state index is -1.01. The molecule has 0 atom stereocenters. The number of aromatic hydroxyl groups is 2. The zero-order valence-electron chi connectivity index (χ0n) is 9.15. The molecule has 0 amide bonds. The first-order valence-electron chi connectivity index (χ1n) is 4.73. The molecule has 2 N–H and O–H groups in total. The normalized spacial score (nSPS) is 11.7. The Labute approximate surface area is 89.1 Å². The highest BCUT2D eigenvalue weighted by Crippen LogP contribution is 2.39. The Morgan fingerprint density at radius 2 is 1.80 bits per heavy atom. The average Bonchev–Trinajstić information content (AvgIpc) is 2.27. The van der Waals surface area contributed by atoms with Crippen molar-refractivity contribution in [3.8, 4) is 11.5 Å². The van der Waals surface area contributed by atoms with Crippen LogP contribution >= 0.6 is 0 Å². The lowest BCUT2D eigenvalue weighted by molar-refractivity contribution is -0.218. The third-order valence-corrected chi connectivity index (χ3v) is 2.55. The van der Waals surface area contributed by atoms with Crippen LogP contribution in [0.25, 0.3) is 0 Å². The van der Waals surface area contributed by atoms with E-state index in [4.69, 9.17) is 9.47 Å². The van der Waals surface area contributed by atoms with Gasteiger partial charge in [0.15, 0.2) is 17.3 Å². The van der Waals surface area contributed by atoms with Crippen LogP contribution in [0.2, 0.25) is 0 Å². The third-order valence-electron chi connectivity index (χ3n) is 2.55. The Kier molecular flexibility index (Phi) is 3.55. The van der Waals surface area contributed by atoms with Crippen LogP contribution in [-0.4, -0.2) is 24.4 Å². The standard InChI is InChI=1S/C11H16O4/c1-4-11(14-2,15-3)8-6-5-7-9(12)10(8)13/h5-7,12-13H,4H2,1-3H3. The molecule has 4 nitrogen and oxygen atoms in total. The first-order valence-corrected chi connectivity index (χ1v) is 4.73. The van der Waals surface area contributed by atoms with Gasteiger partial charge in [0.25, 0.3) is 0 Å². The molecule has 1 rings (SSSR count). The average molecular weight is 212 g/mol. The van der Waals surface area contributed by atoms with Crippen molar-refractivity contribution in [3.05, 3.63) is 23.8 Å². The lowest BCUT2D eigenvalue weighted by atomic mass is 10.0. The fraction of sp³-hybridized carbons (Fsp3) is 0.455. The summed E-state index contributed by atoms with van der Waals surface area (Å²) in [7, 11) is 2.99. The lowest BCUT2D eigenvalue weighted by Gasteiger charge is -2.30. The highest BCUT2D eigenvalue weighted by molar-refractivity contribution is 5.46. The summed E-state index contributed by atoms with van der Waals surface area (Å²) < 4.78 is 10.5. The van der Waals surface area contributed by atoms with E-state index in [1.165, 1.54) is 20.3 Å². The van der Waals surface area contributed by atoms with Gasteiger partial charge >= 0.3 is 0 Å². The van der Waals surface area contributed by atoms with Crippen LogP contribution in [0.1, 0.15) is 18.9 Å². The second-order valence-electron chi connectivity index (χ2n) is 3.19. The summed E-state index contributed by atoms with van der Waals surface area (Å²) in [4.78, 5) is 0. The van der Waals surface area contributed by atoms with Crippen molar-refractivity contribution in [2.75, 3.05) is 14.2 Å². The zero-order valence-corrected chi connectivity index (χ0v) is 9.15. The van der Waals surface area contributed by atoms with Gasteiger partial charge < -0.3 is 19.7 Å². The van der Waals surface area contributed by atoms with E-state index in [0.29, 0.717) is 12.0 Å². The number of benzene rings is 1. The monoisotopic (exact) mass is 212 g/mol. The van der Waals surface area contributed by atoms with Crippen molar-refractivity contribution in [1.29, 1.82) is 0 Å². The van der Waals surface area contributed by atoms with Crippen LogP contribution in [-0.2, 0) is 15.3 Å². The van der Waals surface area contributed by atoms with Gasteiger partial charge in [0.05, 0.1) is 5.56 Å². The molecule has 0 bridgehead atoms. The van der Waals surface area contributed by atoms with E-state index in [1.807, 2.05) is 6.92 Å². The van der Waals surface area contributed by atoms with E-state index >= 15 is 0 Å². The molecule has 0 aromatic heterocycles. The summed E-state index contributed by atoms with van der Waals surface area (Å²) in [5.41, 5.74) is 0.426. The second-order valence-corrected chi connectivity index (χ2v) is 3.19. The number of phenolic OH excluding ortho intramolecular Hbond substituents is 2. The Balaban J connectivity index is 3.28. The number of para-hydroxylation sites is 1. The van der Waals surface area contributed by atoms with Crippen molar-refractivity contribution in [2.24, 2.45) is 0 Å². The maximum Gasteiger partial charge on any atom is 0.197 e. The van der Waals surface area contributed by atoms with Gasteiger partial charge in [0.2, 0.25) is 0 Å². The smallest absolute Gasteiger partial charge is 0.197 e. The molecule has 0 saturated carbocycles. The van der Waals surface area contributed by atoms with Crippen LogP contribution in [0.4, 0.5) is 0 Å². The highest BCUT2D eigenvalue weighted by atomic mass is 16.7. The third kappa shape index (κ3) is 1.91. The Morgan fingerprint density at radius 3 is 2.27 bits per heavy atom. The van der Waals surface area contributed by atoms with Crippen molar-refractivity contribution in [2.45, 2.75) is 19.1 Å². The predicted octanol–water partition coefficient (Wildman–Crippen LogP) is 1.95. The fourth-order valence-corrected chi connectivity index (χ4v) is 1.62. The molecular weight excluding hydrogens is 196 g/mol. The van der Waals surface area contributed by atoms with Gasteiger partial charge in [-0.25, -0.2) is 0 Å². The van der Waals surface area contributed by atoms with Gasteiger partial charge in [-0.3, -0.25) is 0 Å². The molecule has 0 radical (unpaired) electrons. The predicted molar refractivity (Wildman–Crippen MR) is 55.8 cm³/mol. The fourth-order valence-electron chi connectivity index (χ4n) is 1.62. The highest BCUT2D eigenvalue weighted by Gasteiger charge is 2.33. The summed E-state index contributed by atoms with van der Waals surface area (Å²) in [5, 5.41) is 19.1. The van der Waals surface area contributed by atoms with E-state index in [2.05, 4.69) is 0 Å². The van der Waals surface area contributed by atoms with Gasteiger partial charge in [-0.15, -0.1) is 0 Å².